The van der Waals surface area contributed by atoms with Crippen LogP contribution in [0, 0.1) is 46.3 Å². The molecule has 26 unspecified atom stereocenters. The van der Waals surface area contributed by atoms with Crippen LogP contribution < -0.4 is 0 Å². The van der Waals surface area contributed by atoms with Crippen LogP contribution in [0.4, 0.5) is 0 Å². The summed E-state index contributed by atoms with van der Waals surface area (Å²) in [4.78, 5) is 0. The van der Waals surface area contributed by atoms with Gasteiger partial charge in [0.1, 0.15) is 61.0 Å². The van der Waals surface area contributed by atoms with Gasteiger partial charge in [0.25, 0.3) is 0 Å². The van der Waals surface area contributed by atoms with E-state index in [4.69, 9.17) is 37.3 Å². The number of fused-ring (bicyclic) bond motifs is 7. The van der Waals surface area contributed by atoms with Crippen molar-refractivity contribution in [3.63, 3.8) is 0 Å². The van der Waals surface area contributed by atoms with Gasteiger partial charge in [0.2, 0.25) is 0 Å². The van der Waals surface area contributed by atoms with Crippen LogP contribution in [0.15, 0.2) is 11.6 Å². The van der Waals surface area contributed by atoms with Crippen molar-refractivity contribution in [1.82, 2.24) is 0 Å². The average molecular weight is 969 g/mol. The van der Waals surface area contributed by atoms with Crippen molar-refractivity contribution in [2.24, 2.45) is 46.3 Å². The number of hydrogen-bond donors (Lipinski definition) is 11. The average Bonchev–Trinajstić information content (AvgIpc) is 3.70. The minimum Gasteiger partial charge on any atom is -0.394 e. The molecule has 0 aromatic rings. The smallest absolute Gasteiger partial charge is 0.394 e. The van der Waals surface area contributed by atoms with Gasteiger partial charge in [-0.05, 0) is 80.5 Å². The summed E-state index contributed by atoms with van der Waals surface area (Å²) in [5, 5.41) is 106. The summed E-state index contributed by atoms with van der Waals surface area (Å²) >= 11 is 0. The van der Waals surface area contributed by atoms with E-state index >= 15 is 0 Å². The molecule has 66 heavy (non-hydrogen) atoms. The van der Waals surface area contributed by atoms with E-state index in [-0.39, 0.29) is 73.1 Å². The zero-order valence-corrected chi connectivity index (χ0v) is 38.9. The molecule has 4 aliphatic heterocycles. The van der Waals surface area contributed by atoms with Gasteiger partial charge in [-0.25, -0.2) is 4.18 Å². The summed E-state index contributed by atoms with van der Waals surface area (Å²) in [6, 6.07) is 0. The van der Waals surface area contributed by atoms with E-state index in [9.17, 15) is 64.0 Å². The Morgan fingerprint density at radius 2 is 1.56 bits per heavy atom. The highest BCUT2D eigenvalue weighted by Crippen LogP contribution is 2.70. The molecule has 0 spiro atoms. The predicted molar refractivity (Wildman–Crippen MR) is 223 cm³/mol. The van der Waals surface area contributed by atoms with Crippen LogP contribution in [0.2, 0.25) is 0 Å². The highest BCUT2D eigenvalue weighted by molar-refractivity contribution is 7.80. The van der Waals surface area contributed by atoms with Crippen LogP contribution in [0.1, 0.15) is 86.0 Å². The molecule has 4 aliphatic carbocycles. The first kappa shape index (κ1) is 51.3. The van der Waals surface area contributed by atoms with Gasteiger partial charge in [0.15, 0.2) is 24.7 Å². The standard InChI is InChI=1S/C44H72O21S/c1-18(16-58-39-36(52)35(51)33(49)28(15-45)61-39)8-11-44(54)19(2)30-27(64-44)14-25-23-7-6-21-12-22(65-66(55,56)57)13-29(43(21,5)24(23)9-10-42(25,30)4)62-41-38(32(48)26(46)17-59-41)63-40-37(53)34(50)31(47)20(3)60-40/h6,18-20,22-41,45-54H,7-17H2,1-5H3,(H,55,56,57). The largest absolute Gasteiger partial charge is 0.397 e. The molecule has 8 rings (SSSR count). The molecule has 8 aliphatic rings. The minimum absolute atomic E-state index is 0.00993. The third kappa shape index (κ3) is 9.20. The highest BCUT2D eigenvalue weighted by atomic mass is 32.3. The molecule has 4 heterocycles. The van der Waals surface area contributed by atoms with Crippen LogP contribution in [-0.4, -0.2) is 194 Å². The van der Waals surface area contributed by atoms with Crippen LogP contribution in [0.3, 0.4) is 0 Å². The van der Waals surface area contributed by atoms with Gasteiger partial charge < -0.3 is 84.2 Å². The summed E-state index contributed by atoms with van der Waals surface area (Å²) in [5.41, 5.74) is -0.101. The van der Waals surface area contributed by atoms with Crippen molar-refractivity contribution in [3.05, 3.63) is 11.6 Å². The van der Waals surface area contributed by atoms with Crippen molar-refractivity contribution < 1.29 is 101 Å². The van der Waals surface area contributed by atoms with Crippen LogP contribution in [0.25, 0.3) is 0 Å². The zero-order chi connectivity index (χ0) is 48.0. The highest BCUT2D eigenvalue weighted by Gasteiger charge is 2.69. The Labute approximate surface area is 384 Å². The van der Waals surface area contributed by atoms with Gasteiger partial charge in [-0.3, -0.25) is 4.55 Å². The van der Waals surface area contributed by atoms with Crippen molar-refractivity contribution in [3.8, 4) is 0 Å². The second-order valence-electron chi connectivity index (χ2n) is 21.1. The molecule has 0 amide bonds. The number of ether oxygens (including phenoxy) is 7. The Morgan fingerprint density at radius 3 is 2.26 bits per heavy atom. The molecule has 11 N–H and O–H groups in total. The zero-order valence-electron chi connectivity index (χ0n) is 38.0. The third-order valence-corrected chi connectivity index (χ3v) is 17.8. The number of allylic oxidation sites excluding steroid dienone is 1. The Bertz CT molecular complexity index is 1840. The topological polar surface area (TPSA) is 331 Å². The van der Waals surface area contributed by atoms with Crippen LogP contribution in [0.5, 0.6) is 0 Å². The van der Waals surface area contributed by atoms with Gasteiger partial charge in [0.05, 0.1) is 44.2 Å². The molecular formula is C44H72O21S. The lowest BCUT2D eigenvalue weighted by Crippen LogP contribution is -2.63. The van der Waals surface area contributed by atoms with Gasteiger partial charge in [0, 0.05) is 24.2 Å². The van der Waals surface area contributed by atoms with Gasteiger partial charge in [-0.2, -0.15) is 8.42 Å². The fourth-order valence-corrected chi connectivity index (χ4v) is 14.0. The molecule has 21 nitrogen and oxygen atoms in total. The molecule has 0 radical (unpaired) electrons. The first-order valence-corrected chi connectivity index (χ1v) is 24.9. The fraction of sp³-hybridized carbons (Fsp3) is 0.955. The molecular weight excluding hydrogens is 897 g/mol. The van der Waals surface area contributed by atoms with Crippen molar-refractivity contribution >= 4 is 10.4 Å². The second kappa shape index (κ2) is 19.2. The number of rotatable bonds is 13. The summed E-state index contributed by atoms with van der Waals surface area (Å²) in [5.74, 6) is -1.48. The molecule has 0 aromatic carbocycles. The van der Waals surface area contributed by atoms with Crippen molar-refractivity contribution in [2.45, 2.75) is 196 Å². The van der Waals surface area contributed by atoms with E-state index in [0.717, 1.165) is 18.4 Å². The summed E-state index contributed by atoms with van der Waals surface area (Å²) in [6.07, 6.45) is -16.3. The van der Waals surface area contributed by atoms with Crippen LogP contribution >= 0.6 is 0 Å². The first-order valence-electron chi connectivity index (χ1n) is 23.6. The van der Waals surface area contributed by atoms with Crippen LogP contribution in [-0.2, 0) is 47.7 Å². The van der Waals surface area contributed by atoms with Crippen molar-refractivity contribution in [1.29, 1.82) is 0 Å². The Kier molecular flexibility index (Phi) is 14.9. The lowest BCUT2D eigenvalue weighted by molar-refractivity contribution is -0.362. The van der Waals surface area contributed by atoms with Gasteiger partial charge in [-0.15, -0.1) is 0 Å². The molecule has 380 valence electrons. The van der Waals surface area contributed by atoms with Gasteiger partial charge in [-0.1, -0.05) is 39.3 Å². The lowest BCUT2D eigenvalue weighted by atomic mass is 9.46. The second-order valence-corrected chi connectivity index (χ2v) is 22.2. The van der Waals surface area contributed by atoms with E-state index in [1.165, 1.54) is 6.92 Å². The summed E-state index contributed by atoms with van der Waals surface area (Å²) in [6.45, 7) is 8.97. The van der Waals surface area contributed by atoms with E-state index in [1.54, 1.807) is 0 Å². The predicted octanol–water partition coefficient (Wildman–Crippen LogP) is -1.39. The third-order valence-electron chi connectivity index (χ3n) is 17.3. The maximum Gasteiger partial charge on any atom is 0.397 e. The molecule has 4 saturated heterocycles. The maximum atomic E-state index is 12.1. The van der Waals surface area contributed by atoms with E-state index in [1.807, 2.05) is 13.8 Å². The molecule has 0 aromatic heterocycles. The van der Waals surface area contributed by atoms with E-state index in [2.05, 4.69) is 19.9 Å². The van der Waals surface area contributed by atoms with Crippen molar-refractivity contribution in [2.75, 3.05) is 19.8 Å². The van der Waals surface area contributed by atoms with Gasteiger partial charge >= 0.3 is 10.4 Å². The molecule has 26 atom stereocenters. The Morgan fingerprint density at radius 1 is 0.864 bits per heavy atom. The Balaban J connectivity index is 0.973. The Hall–Kier alpha value is -1.07. The monoisotopic (exact) mass is 968 g/mol. The first-order chi connectivity index (χ1) is 30.9. The SMILES string of the molecule is CC(CCC1(O)OC2CC3C4CC=C5CC(OS(=O)(=O)O)CC(OC6OCC(O)C(O)C6OC6OC(C)C(O)C(O)C6O)C5(C)C4CCC3(C)C2C1C)COC1OC(CO)C(O)C(O)C1O. The number of aliphatic hydroxyl groups excluding tert-OH is 9. The van der Waals surface area contributed by atoms with E-state index < -0.39 is 126 Å². The maximum absolute atomic E-state index is 12.1. The molecule has 3 saturated carbocycles. The molecule has 22 heteroatoms. The molecule has 7 fully saturated rings. The summed E-state index contributed by atoms with van der Waals surface area (Å²) in [7, 11) is -4.88. The minimum atomic E-state index is -4.88. The normalized spacial score (nSPS) is 53.3. The lowest BCUT2D eigenvalue weighted by Gasteiger charge is -2.60. The quantitative estimate of drug-likeness (QED) is 0.0747. The number of hydrogen-bond acceptors (Lipinski definition) is 20. The fourth-order valence-electron chi connectivity index (χ4n) is 13.6. The van der Waals surface area contributed by atoms with E-state index in [0.29, 0.717) is 25.7 Å². The summed E-state index contributed by atoms with van der Waals surface area (Å²) < 4.78 is 81.5. The molecule has 0 bridgehead atoms. The number of aliphatic hydroxyl groups is 10.